The van der Waals surface area contributed by atoms with Crippen LogP contribution in [0, 0.1) is 18.3 Å². The number of benzene rings is 2. The molecule has 0 bridgehead atoms. The third-order valence-electron chi connectivity index (χ3n) is 3.54. The van der Waals surface area contributed by atoms with Gasteiger partial charge in [0, 0.05) is 5.69 Å². The summed E-state index contributed by atoms with van der Waals surface area (Å²) in [6, 6.07) is 17.5. The second kappa shape index (κ2) is 6.32. The second-order valence-electron chi connectivity index (χ2n) is 5.60. The molecule has 2 rings (SSSR count). The summed E-state index contributed by atoms with van der Waals surface area (Å²) in [5.41, 5.74) is 2.62. The lowest BCUT2D eigenvalue weighted by Gasteiger charge is -2.25. The molecule has 0 spiro atoms. The number of nitriles is 1. The Kier molecular flexibility index (Phi) is 4.49. The fourth-order valence-electron chi connectivity index (χ4n) is 2.24. The minimum absolute atomic E-state index is 0.264. The van der Waals surface area contributed by atoms with Gasteiger partial charge < -0.3 is 10.4 Å². The van der Waals surface area contributed by atoms with Crippen molar-refractivity contribution in [2.75, 3.05) is 5.32 Å². The second-order valence-corrected chi connectivity index (χ2v) is 5.60. The van der Waals surface area contributed by atoms with Crippen LogP contribution in [0.15, 0.2) is 48.5 Å². The molecule has 0 aromatic heterocycles. The van der Waals surface area contributed by atoms with Gasteiger partial charge in [0.05, 0.1) is 6.07 Å². The van der Waals surface area contributed by atoms with E-state index in [9.17, 15) is 10.4 Å². The number of phenolic OH excluding ortho intramolecular Hbond substituents is 1. The minimum atomic E-state index is -0.619. The lowest BCUT2D eigenvalue weighted by molar-refractivity contribution is 0.475. The van der Waals surface area contributed by atoms with Gasteiger partial charge in [-0.2, -0.15) is 5.26 Å². The molecule has 21 heavy (non-hydrogen) atoms. The smallest absolute Gasteiger partial charge is 0.122 e. The zero-order valence-electron chi connectivity index (χ0n) is 12.4. The van der Waals surface area contributed by atoms with E-state index in [0.29, 0.717) is 6.42 Å². The number of rotatable bonds is 5. The molecule has 0 saturated heterocycles. The number of hydrogen-bond acceptors (Lipinski definition) is 3. The Labute approximate surface area is 125 Å². The summed E-state index contributed by atoms with van der Waals surface area (Å²) in [5, 5.41) is 22.1. The fraction of sp³-hybridized carbons (Fsp3) is 0.278. The molecule has 0 heterocycles. The van der Waals surface area contributed by atoms with Gasteiger partial charge in [-0.25, -0.2) is 0 Å². The van der Waals surface area contributed by atoms with Crippen molar-refractivity contribution in [2.24, 2.45) is 0 Å². The first-order chi connectivity index (χ1) is 10.0. The maximum Gasteiger partial charge on any atom is 0.122 e. The maximum absolute atomic E-state index is 9.49. The zero-order valence-corrected chi connectivity index (χ0v) is 12.4. The van der Waals surface area contributed by atoms with Crippen LogP contribution in [0.25, 0.3) is 0 Å². The number of aromatic hydroxyl groups is 1. The summed E-state index contributed by atoms with van der Waals surface area (Å²) < 4.78 is 0. The molecular weight excluding hydrogens is 260 g/mol. The lowest BCUT2D eigenvalue weighted by Crippen LogP contribution is -2.33. The van der Waals surface area contributed by atoms with Crippen molar-refractivity contribution in [3.8, 4) is 11.8 Å². The van der Waals surface area contributed by atoms with Crippen LogP contribution in [0.2, 0.25) is 0 Å². The average Bonchev–Trinajstić information content (AvgIpc) is 2.47. The van der Waals surface area contributed by atoms with Crippen LogP contribution < -0.4 is 5.32 Å². The van der Waals surface area contributed by atoms with Crippen molar-refractivity contribution in [2.45, 2.75) is 32.2 Å². The van der Waals surface area contributed by atoms with Crippen molar-refractivity contribution in [3.05, 3.63) is 59.7 Å². The molecule has 2 aromatic rings. The molecule has 1 unspecified atom stereocenters. The molecule has 0 aliphatic carbocycles. The van der Waals surface area contributed by atoms with Crippen molar-refractivity contribution in [3.63, 3.8) is 0 Å². The van der Waals surface area contributed by atoms with E-state index in [-0.39, 0.29) is 5.75 Å². The van der Waals surface area contributed by atoms with E-state index in [1.165, 1.54) is 5.56 Å². The molecule has 3 nitrogen and oxygen atoms in total. The van der Waals surface area contributed by atoms with Gasteiger partial charge in [-0.15, -0.1) is 0 Å². The van der Waals surface area contributed by atoms with Crippen LogP contribution in [0.3, 0.4) is 0 Å². The molecule has 0 fully saturated rings. The maximum atomic E-state index is 9.49. The molecule has 0 radical (unpaired) electrons. The van der Waals surface area contributed by atoms with Gasteiger partial charge in [0.1, 0.15) is 11.3 Å². The van der Waals surface area contributed by atoms with E-state index in [4.69, 9.17) is 0 Å². The molecular formula is C18H20N2O. The average molecular weight is 280 g/mol. The Morgan fingerprint density at radius 1 is 1.19 bits per heavy atom. The summed E-state index contributed by atoms with van der Waals surface area (Å²) in [7, 11) is 0. The van der Waals surface area contributed by atoms with Crippen molar-refractivity contribution in [1.29, 1.82) is 5.26 Å². The number of phenols is 1. The monoisotopic (exact) mass is 280 g/mol. The van der Waals surface area contributed by atoms with E-state index in [0.717, 1.165) is 17.7 Å². The third kappa shape index (κ3) is 4.25. The van der Waals surface area contributed by atoms with Gasteiger partial charge in [0.25, 0.3) is 0 Å². The van der Waals surface area contributed by atoms with Crippen molar-refractivity contribution in [1.82, 2.24) is 0 Å². The van der Waals surface area contributed by atoms with Crippen LogP contribution in [0.1, 0.15) is 24.5 Å². The summed E-state index contributed by atoms with van der Waals surface area (Å²) in [4.78, 5) is 0. The molecule has 0 aliphatic heterocycles. The van der Waals surface area contributed by atoms with Crippen LogP contribution >= 0.6 is 0 Å². The number of nitrogens with one attached hydrogen (secondary N) is 1. The SMILES string of the molecule is Cc1cccc(NC(C)(C#N)CCc2ccc(O)cc2)c1. The summed E-state index contributed by atoms with van der Waals surface area (Å²) >= 11 is 0. The Balaban J connectivity index is 2.04. The van der Waals surface area contributed by atoms with Crippen LogP contribution in [0.5, 0.6) is 5.75 Å². The van der Waals surface area contributed by atoms with E-state index >= 15 is 0 Å². The number of anilines is 1. The molecule has 1 atom stereocenters. The highest BCUT2D eigenvalue weighted by molar-refractivity contribution is 5.49. The standard InChI is InChI=1S/C18H20N2O/c1-14-4-3-5-16(12-14)20-18(2,13-19)11-10-15-6-8-17(21)9-7-15/h3-9,12,20-21H,10-11H2,1-2H3. The van der Waals surface area contributed by atoms with Crippen molar-refractivity contribution >= 4 is 5.69 Å². The fourth-order valence-corrected chi connectivity index (χ4v) is 2.24. The van der Waals surface area contributed by atoms with E-state index in [1.807, 2.05) is 50.2 Å². The Morgan fingerprint density at radius 3 is 2.52 bits per heavy atom. The van der Waals surface area contributed by atoms with E-state index in [1.54, 1.807) is 12.1 Å². The van der Waals surface area contributed by atoms with Gasteiger partial charge in [-0.1, -0.05) is 24.3 Å². The number of aryl methyl sites for hydroxylation is 2. The highest BCUT2D eigenvalue weighted by Crippen LogP contribution is 2.21. The highest BCUT2D eigenvalue weighted by atomic mass is 16.3. The van der Waals surface area contributed by atoms with Crippen LogP contribution in [-0.2, 0) is 6.42 Å². The predicted molar refractivity (Wildman–Crippen MR) is 85.2 cm³/mol. The first-order valence-electron chi connectivity index (χ1n) is 7.05. The van der Waals surface area contributed by atoms with Gasteiger partial charge in [0.15, 0.2) is 0 Å². The zero-order chi connectivity index (χ0) is 15.3. The Hall–Kier alpha value is -2.47. The summed E-state index contributed by atoms with van der Waals surface area (Å²) in [6.45, 7) is 3.95. The summed E-state index contributed by atoms with van der Waals surface area (Å²) in [5.74, 6) is 0.264. The highest BCUT2D eigenvalue weighted by Gasteiger charge is 2.23. The first kappa shape index (κ1) is 14.9. The Morgan fingerprint density at radius 2 is 1.90 bits per heavy atom. The minimum Gasteiger partial charge on any atom is -0.508 e. The topological polar surface area (TPSA) is 56.0 Å². The Bertz CT molecular complexity index is 643. The first-order valence-corrected chi connectivity index (χ1v) is 7.05. The van der Waals surface area contributed by atoms with Gasteiger partial charge in [-0.05, 0) is 62.1 Å². The number of hydrogen-bond donors (Lipinski definition) is 2. The molecule has 3 heteroatoms. The summed E-state index contributed by atoms with van der Waals surface area (Å²) in [6.07, 6.45) is 1.48. The largest absolute Gasteiger partial charge is 0.508 e. The normalized spacial score (nSPS) is 13.2. The van der Waals surface area contributed by atoms with Crippen molar-refractivity contribution < 1.29 is 5.11 Å². The number of nitrogens with zero attached hydrogens (tertiary/aromatic N) is 1. The molecule has 0 aliphatic rings. The molecule has 0 amide bonds. The molecule has 2 N–H and O–H groups in total. The predicted octanol–water partition coefficient (Wildman–Crippen LogP) is 4.03. The van der Waals surface area contributed by atoms with Crippen LogP contribution in [0.4, 0.5) is 5.69 Å². The molecule has 108 valence electrons. The van der Waals surface area contributed by atoms with E-state index < -0.39 is 5.54 Å². The van der Waals surface area contributed by atoms with Gasteiger partial charge >= 0.3 is 0 Å². The quantitative estimate of drug-likeness (QED) is 0.869. The van der Waals surface area contributed by atoms with E-state index in [2.05, 4.69) is 11.4 Å². The molecule has 0 saturated carbocycles. The third-order valence-corrected chi connectivity index (χ3v) is 3.54. The molecule has 2 aromatic carbocycles. The van der Waals surface area contributed by atoms with Gasteiger partial charge in [-0.3, -0.25) is 0 Å². The lowest BCUT2D eigenvalue weighted by atomic mass is 9.94. The van der Waals surface area contributed by atoms with Crippen LogP contribution in [-0.4, -0.2) is 10.6 Å². The van der Waals surface area contributed by atoms with Gasteiger partial charge in [0.2, 0.25) is 0 Å².